The van der Waals surface area contributed by atoms with Crippen LogP contribution in [0.5, 0.6) is 0 Å². The monoisotopic (exact) mass is 308 g/mol. The summed E-state index contributed by atoms with van der Waals surface area (Å²) in [5.74, 6) is 1.27. The summed E-state index contributed by atoms with van der Waals surface area (Å²) in [4.78, 5) is 12.0. The number of rotatable bonds is 5. The average molecular weight is 308 g/mol. The highest BCUT2D eigenvalue weighted by Crippen LogP contribution is 2.23. The van der Waals surface area contributed by atoms with Gasteiger partial charge in [-0.25, -0.2) is 4.79 Å². The summed E-state index contributed by atoms with van der Waals surface area (Å²) >= 11 is 1.73. The lowest BCUT2D eigenvalue weighted by molar-refractivity contribution is 0.101. The number of aliphatic hydroxyl groups is 1. The van der Waals surface area contributed by atoms with Crippen molar-refractivity contribution in [2.45, 2.75) is 37.5 Å². The Morgan fingerprint density at radius 1 is 1.38 bits per heavy atom. The normalized spacial score (nSPS) is 21.8. The number of thioether (sulfide) groups is 1. The SMILES string of the molecule is CSCc1ccccc1NC(=O)NC[C@H]1CCC[C@H](O)C1. The number of carbonyl (C=O) groups excluding carboxylic acids is 1. The summed E-state index contributed by atoms with van der Waals surface area (Å²) in [6.07, 6.45) is 5.67. The summed E-state index contributed by atoms with van der Waals surface area (Å²) in [6, 6.07) is 7.71. The lowest BCUT2D eigenvalue weighted by Gasteiger charge is -2.26. The highest BCUT2D eigenvalue weighted by Gasteiger charge is 2.20. The summed E-state index contributed by atoms with van der Waals surface area (Å²) in [5.41, 5.74) is 2.00. The summed E-state index contributed by atoms with van der Waals surface area (Å²) in [6.45, 7) is 0.633. The molecule has 1 aliphatic carbocycles. The number of nitrogens with one attached hydrogen (secondary N) is 2. The summed E-state index contributed by atoms with van der Waals surface area (Å²) < 4.78 is 0. The number of para-hydroxylation sites is 1. The molecule has 5 heteroatoms. The predicted octanol–water partition coefficient (Wildman–Crippen LogP) is 3.22. The van der Waals surface area contributed by atoms with Crippen molar-refractivity contribution >= 4 is 23.5 Å². The first-order chi connectivity index (χ1) is 10.2. The molecule has 0 heterocycles. The first-order valence-electron chi connectivity index (χ1n) is 7.48. The molecule has 0 spiro atoms. The minimum Gasteiger partial charge on any atom is -0.393 e. The molecule has 0 aliphatic heterocycles. The van der Waals surface area contributed by atoms with Crippen LogP contribution in [0.3, 0.4) is 0 Å². The van der Waals surface area contributed by atoms with Gasteiger partial charge < -0.3 is 15.7 Å². The number of anilines is 1. The topological polar surface area (TPSA) is 61.4 Å². The molecule has 21 heavy (non-hydrogen) atoms. The van der Waals surface area contributed by atoms with E-state index in [-0.39, 0.29) is 12.1 Å². The molecule has 1 aromatic carbocycles. The number of amides is 2. The number of hydrogen-bond donors (Lipinski definition) is 3. The molecule has 0 bridgehead atoms. The molecule has 1 aromatic rings. The van der Waals surface area contributed by atoms with Crippen molar-refractivity contribution in [3.05, 3.63) is 29.8 Å². The van der Waals surface area contributed by atoms with Gasteiger partial charge in [-0.1, -0.05) is 24.6 Å². The third kappa shape index (κ3) is 5.25. The van der Waals surface area contributed by atoms with Crippen molar-refractivity contribution in [3.8, 4) is 0 Å². The first-order valence-corrected chi connectivity index (χ1v) is 8.88. The maximum atomic E-state index is 12.0. The van der Waals surface area contributed by atoms with Gasteiger partial charge in [0.05, 0.1) is 6.10 Å². The van der Waals surface area contributed by atoms with Gasteiger partial charge in [0.2, 0.25) is 0 Å². The Balaban J connectivity index is 1.81. The van der Waals surface area contributed by atoms with Crippen LogP contribution in [0.1, 0.15) is 31.2 Å². The quantitative estimate of drug-likeness (QED) is 0.782. The molecule has 4 nitrogen and oxygen atoms in total. The summed E-state index contributed by atoms with van der Waals surface area (Å²) in [5, 5.41) is 15.5. The van der Waals surface area contributed by atoms with Crippen LogP contribution in [-0.4, -0.2) is 30.0 Å². The second kappa shape index (κ2) is 8.29. The highest BCUT2D eigenvalue weighted by atomic mass is 32.2. The van der Waals surface area contributed by atoms with E-state index in [1.54, 1.807) is 11.8 Å². The zero-order valence-electron chi connectivity index (χ0n) is 12.5. The standard InChI is InChI=1S/C16H24N2O2S/c1-21-11-13-6-2-3-8-15(13)18-16(20)17-10-12-5-4-7-14(19)9-12/h2-3,6,8,12,14,19H,4-5,7,9-11H2,1H3,(H2,17,18,20)/t12-,14-/m0/s1. The van der Waals surface area contributed by atoms with Crippen molar-refractivity contribution in [1.82, 2.24) is 5.32 Å². The van der Waals surface area contributed by atoms with Gasteiger partial charge in [-0.05, 0) is 43.1 Å². The molecule has 2 amide bonds. The van der Waals surface area contributed by atoms with E-state index in [2.05, 4.69) is 10.6 Å². The molecule has 0 aromatic heterocycles. The van der Waals surface area contributed by atoms with E-state index < -0.39 is 0 Å². The molecule has 0 unspecified atom stereocenters. The van der Waals surface area contributed by atoms with E-state index in [0.717, 1.165) is 42.7 Å². The molecule has 2 atom stereocenters. The van der Waals surface area contributed by atoms with E-state index in [9.17, 15) is 9.90 Å². The third-order valence-electron chi connectivity index (χ3n) is 3.87. The first kappa shape index (κ1) is 16.2. The van der Waals surface area contributed by atoms with Crippen molar-refractivity contribution < 1.29 is 9.90 Å². The van der Waals surface area contributed by atoms with Crippen molar-refractivity contribution in [1.29, 1.82) is 0 Å². The van der Waals surface area contributed by atoms with Crippen LogP contribution in [0.25, 0.3) is 0 Å². The van der Waals surface area contributed by atoms with Crippen LogP contribution in [0.4, 0.5) is 10.5 Å². The van der Waals surface area contributed by atoms with Gasteiger partial charge in [0.25, 0.3) is 0 Å². The van der Waals surface area contributed by atoms with E-state index in [1.807, 2.05) is 30.5 Å². The Bertz CT molecular complexity index is 467. The van der Waals surface area contributed by atoms with E-state index in [4.69, 9.17) is 0 Å². The van der Waals surface area contributed by atoms with Gasteiger partial charge >= 0.3 is 6.03 Å². The van der Waals surface area contributed by atoms with Gasteiger partial charge in [0, 0.05) is 18.0 Å². The zero-order valence-corrected chi connectivity index (χ0v) is 13.3. The average Bonchev–Trinajstić information content (AvgIpc) is 2.48. The molecule has 1 aliphatic rings. The van der Waals surface area contributed by atoms with Crippen LogP contribution >= 0.6 is 11.8 Å². The highest BCUT2D eigenvalue weighted by molar-refractivity contribution is 7.97. The van der Waals surface area contributed by atoms with Crippen LogP contribution < -0.4 is 10.6 Å². The number of hydrogen-bond acceptors (Lipinski definition) is 3. The van der Waals surface area contributed by atoms with Gasteiger partial charge in [-0.3, -0.25) is 0 Å². The second-order valence-electron chi connectivity index (χ2n) is 5.61. The second-order valence-corrected chi connectivity index (χ2v) is 6.48. The van der Waals surface area contributed by atoms with Crippen LogP contribution in [-0.2, 0) is 5.75 Å². The van der Waals surface area contributed by atoms with Gasteiger partial charge in [-0.2, -0.15) is 11.8 Å². The molecular formula is C16H24N2O2S. The van der Waals surface area contributed by atoms with Crippen molar-refractivity contribution in [2.24, 2.45) is 5.92 Å². The maximum absolute atomic E-state index is 12.0. The Labute approximate surface area is 130 Å². The fourth-order valence-electron chi connectivity index (χ4n) is 2.78. The van der Waals surface area contributed by atoms with Crippen molar-refractivity contribution in [3.63, 3.8) is 0 Å². The number of urea groups is 1. The maximum Gasteiger partial charge on any atom is 0.319 e. The Kier molecular flexibility index (Phi) is 6.39. The third-order valence-corrected chi connectivity index (χ3v) is 4.47. The molecular weight excluding hydrogens is 284 g/mol. The number of carbonyl (C=O) groups is 1. The van der Waals surface area contributed by atoms with E-state index >= 15 is 0 Å². The smallest absolute Gasteiger partial charge is 0.319 e. The summed E-state index contributed by atoms with van der Waals surface area (Å²) in [7, 11) is 0. The van der Waals surface area contributed by atoms with Crippen molar-refractivity contribution in [2.75, 3.05) is 18.1 Å². The largest absolute Gasteiger partial charge is 0.393 e. The van der Waals surface area contributed by atoms with Crippen LogP contribution in [0.15, 0.2) is 24.3 Å². The van der Waals surface area contributed by atoms with Gasteiger partial charge in [0.1, 0.15) is 0 Å². The van der Waals surface area contributed by atoms with Gasteiger partial charge in [-0.15, -0.1) is 0 Å². The molecule has 0 radical (unpaired) electrons. The Morgan fingerprint density at radius 3 is 2.95 bits per heavy atom. The van der Waals surface area contributed by atoms with E-state index in [0.29, 0.717) is 12.5 Å². The predicted molar refractivity (Wildman–Crippen MR) is 88.6 cm³/mol. The zero-order chi connectivity index (χ0) is 15.1. The fourth-order valence-corrected chi connectivity index (χ4v) is 3.34. The minimum absolute atomic E-state index is 0.163. The molecule has 2 rings (SSSR count). The minimum atomic E-state index is -0.198. The molecule has 0 saturated heterocycles. The van der Waals surface area contributed by atoms with Gasteiger partial charge in [0.15, 0.2) is 0 Å². The molecule has 1 saturated carbocycles. The number of aliphatic hydroxyl groups excluding tert-OH is 1. The fraction of sp³-hybridized carbons (Fsp3) is 0.562. The Morgan fingerprint density at radius 2 is 2.19 bits per heavy atom. The van der Waals surface area contributed by atoms with Crippen LogP contribution in [0.2, 0.25) is 0 Å². The number of benzene rings is 1. The lowest BCUT2D eigenvalue weighted by atomic mass is 9.87. The van der Waals surface area contributed by atoms with Crippen LogP contribution in [0, 0.1) is 5.92 Å². The molecule has 116 valence electrons. The Hall–Kier alpha value is -1.20. The lowest BCUT2D eigenvalue weighted by Crippen LogP contribution is -2.35. The van der Waals surface area contributed by atoms with E-state index in [1.165, 1.54) is 0 Å². The molecule has 3 N–H and O–H groups in total. The molecule has 1 fully saturated rings.